The van der Waals surface area contributed by atoms with Gasteiger partial charge in [-0.2, -0.15) is 0 Å². The molecule has 2 N–H and O–H groups in total. The van der Waals surface area contributed by atoms with Crippen LogP contribution in [0.2, 0.25) is 0 Å². The lowest BCUT2D eigenvalue weighted by Crippen LogP contribution is -2.47. The summed E-state index contributed by atoms with van der Waals surface area (Å²) in [5.74, 6) is -0.128. The van der Waals surface area contributed by atoms with Gasteiger partial charge >= 0.3 is 0 Å². The van der Waals surface area contributed by atoms with Crippen LogP contribution in [0, 0.1) is 0 Å². The molecule has 1 fully saturated rings. The maximum atomic E-state index is 12.5. The molecular weight excluding hydrogens is 266 g/mol. The van der Waals surface area contributed by atoms with Gasteiger partial charge in [-0.15, -0.1) is 0 Å². The zero-order valence-corrected chi connectivity index (χ0v) is 12.1. The summed E-state index contributed by atoms with van der Waals surface area (Å²) in [7, 11) is 0. The standard InChI is InChI=1S/C16H21N3O2/c17-13-8-7-12-5-1-2-6-14(12)19(16(13)21)11-15(20)18-9-3-4-10-18/h1-2,5-6,13H,3-4,7-11,17H2. The molecule has 1 saturated heterocycles. The molecule has 2 heterocycles. The third-order valence-electron chi connectivity index (χ3n) is 4.34. The zero-order valence-electron chi connectivity index (χ0n) is 12.1. The van der Waals surface area contributed by atoms with Gasteiger partial charge in [0.25, 0.3) is 0 Å². The number of para-hydroxylation sites is 1. The van der Waals surface area contributed by atoms with E-state index in [9.17, 15) is 9.59 Å². The van der Waals surface area contributed by atoms with Crippen molar-refractivity contribution in [2.24, 2.45) is 5.73 Å². The molecule has 0 aromatic heterocycles. The number of nitrogens with two attached hydrogens (primary N) is 1. The van der Waals surface area contributed by atoms with Gasteiger partial charge in [-0.1, -0.05) is 18.2 Å². The molecule has 0 radical (unpaired) electrons. The van der Waals surface area contributed by atoms with E-state index in [1.165, 1.54) is 0 Å². The number of hydrogen-bond donors (Lipinski definition) is 1. The maximum Gasteiger partial charge on any atom is 0.244 e. The molecule has 1 unspecified atom stereocenters. The van der Waals surface area contributed by atoms with E-state index in [0.29, 0.717) is 6.42 Å². The molecule has 3 rings (SSSR count). The van der Waals surface area contributed by atoms with Crippen LogP contribution in [0.1, 0.15) is 24.8 Å². The topological polar surface area (TPSA) is 66.6 Å². The van der Waals surface area contributed by atoms with Crippen molar-refractivity contribution in [2.75, 3.05) is 24.5 Å². The number of anilines is 1. The zero-order chi connectivity index (χ0) is 14.8. The van der Waals surface area contributed by atoms with Gasteiger partial charge in [0, 0.05) is 18.8 Å². The number of hydrogen-bond acceptors (Lipinski definition) is 3. The number of nitrogens with zero attached hydrogens (tertiary/aromatic N) is 2. The summed E-state index contributed by atoms with van der Waals surface area (Å²) in [5.41, 5.74) is 7.89. The van der Waals surface area contributed by atoms with Crippen LogP contribution in [0.25, 0.3) is 0 Å². The molecule has 5 nitrogen and oxygen atoms in total. The predicted octanol–water partition coefficient (Wildman–Crippen LogP) is 0.915. The number of amides is 2. The van der Waals surface area contributed by atoms with E-state index in [0.717, 1.165) is 43.6 Å². The van der Waals surface area contributed by atoms with Crippen LogP contribution in [0.3, 0.4) is 0 Å². The first-order valence-corrected chi connectivity index (χ1v) is 7.59. The molecule has 21 heavy (non-hydrogen) atoms. The fraction of sp³-hybridized carbons (Fsp3) is 0.500. The van der Waals surface area contributed by atoms with E-state index in [4.69, 9.17) is 5.73 Å². The maximum absolute atomic E-state index is 12.5. The lowest BCUT2D eigenvalue weighted by molar-refractivity contribution is -0.130. The van der Waals surface area contributed by atoms with Crippen molar-refractivity contribution in [1.82, 2.24) is 4.90 Å². The van der Waals surface area contributed by atoms with Crippen molar-refractivity contribution in [3.05, 3.63) is 29.8 Å². The lowest BCUT2D eigenvalue weighted by atomic mass is 10.1. The molecule has 1 aromatic rings. The molecule has 112 valence electrons. The van der Waals surface area contributed by atoms with Crippen molar-refractivity contribution in [2.45, 2.75) is 31.7 Å². The molecule has 2 aliphatic heterocycles. The van der Waals surface area contributed by atoms with Crippen molar-refractivity contribution >= 4 is 17.5 Å². The average Bonchev–Trinajstić information content (AvgIpc) is 3.01. The van der Waals surface area contributed by atoms with Crippen LogP contribution in [-0.4, -0.2) is 42.4 Å². The quantitative estimate of drug-likeness (QED) is 0.879. The summed E-state index contributed by atoms with van der Waals surface area (Å²) >= 11 is 0. The van der Waals surface area contributed by atoms with Crippen LogP contribution in [0.15, 0.2) is 24.3 Å². The van der Waals surface area contributed by atoms with Gasteiger partial charge in [0.05, 0.1) is 6.04 Å². The summed E-state index contributed by atoms with van der Waals surface area (Å²) in [6, 6.07) is 7.25. The number of rotatable bonds is 2. The van der Waals surface area contributed by atoms with E-state index in [-0.39, 0.29) is 18.4 Å². The summed E-state index contributed by atoms with van der Waals surface area (Å²) in [4.78, 5) is 28.3. The van der Waals surface area contributed by atoms with Gasteiger partial charge < -0.3 is 15.5 Å². The number of fused-ring (bicyclic) bond motifs is 1. The first kappa shape index (κ1) is 14.1. The van der Waals surface area contributed by atoms with Gasteiger partial charge in [0.1, 0.15) is 6.54 Å². The van der Waals surface area contributed by atoms with Crippen molar-refractivity contribution in [3.63, 3.8) is 0 Å². The number of aryl methyl sites for hydroxylation is 1. The Morgan fingerprint density at radius 1 is 1.24 bits per heavy atom. The van der Waals surface area contributed by atoms with E-state index >= 15 is 0 Å². The molecule has 0 bridgehead atoms. The third kappa shape index (κ3) is 2.78. The molecule has 2 aliphatic rings. The monoisotopic (exact) mass is 287 g/mol. The molecule has 0 saturated carbocycles. The average molecular weight is 287 g/mol. The highest BCUT2D eigenvalue weighted by molar-refractivity contribution is 6.02. The summed E-state index contributed by atoms with van der Waals surface area (Å²) in [5, 5.41) is 0. The highest BCUT2D eigenvalue weighted by Gasteiger charge is 2.30. The minimum Gasteiger partial charge on any atom is -0.341 e. The fourth-order valence-corrected chi connectivity index (χ4v) is 3.10. The Hall–Kier alpha value is -1.88. The van der Waals surface area contributed by atoms with Crippen LogP contribution in [0.4, 0.5) is 5.69 Å². The minimum atomic E-state index is -0.524. The SMILES string of the molecule is NC1CCc2ccccc2N(CC(=O)N2CCCC2)C1=O. The Kier molecular flexibility index (Phi) is 3.92. The van der Waals surface area contributed by atoms with Crippen LogP contribution in [0.5, 0.6) is 0 Å². The smallest absolute Gasteiger partial charge is 0.244 e. The second-order valence-electron chi connectivity index (χ2n) is 5.79. The lowest BCUT2D eigenvalue weighted by Gasteiger charge is -2.26. The third-order valence-corrected chi connectivity index (χ3v) is 4.34. The van der Waals surface area contributed by atoms with Gasteiger partial charge in [0.2, 0.25) is 11.8 Å². The van der Waals surface area contributed by atoms with Crippen LogP contribution in [-0.2, 0) is 16.0 Å². The van der Waals surface area contributed by atoms with Crippen LogP contribution >= 0.6 is 0 Å². The molecule has 0 spiro atoms. The van der Waals surface area contributed by atoms with Gasteiger partial charge in [0.15, 0.2) is 0 Å². The summed E-state index contributed by atoms with van der Waals surface area (Å²) in [6.45, 7) is 1.70. The van der Waals surface area contributed by atoms with Crippen molar-refractivity contribution in [3.8, 4) is 0 Å². The Morgan fingerprint density at radius 2 is 1.95 bits per heavy atom. The molecule has 2 amide bonds. The van der Waals surface area contributed by atoms with Crippen LogP contribution < -0.4 is 10.6 Å². The number of carbonyl (C=O) groups excluding carboxylic acids is 2. The van der Waals surface area contributed by atoms with Crippen molar-refractivity contribution in [1.29, 1.82) is 0 Å². The Bertz CT molecular complexity index is 552. The largest absolute Gasteiger partial charge is 0.341 e. The summed E-state index contributed by atoms with van der Waals surface area (Å²) in [6.07, 6.45) is 3.51. The normalized spacial score (nSPS) is 22.1. The number of benzene rings is 1. The number of likely N-dealkylation sites (tertiary alicyclic amines) is 1. The molecular formula is C16H21N3O2. The predicted molar refractivity (Wildman–Crippen MR) is 80.9 cm³/mol. The number of carbonyl (C=O) groups is 2. The Balaban J connectivity index is 1.86. The highest BCUT2D eigenvalue weighted by atomic mass is 16.2. The van der Waals surface area contributed by atoms with E-state index in [1.807, 2.05) is 29.2 Å². The van der Waals surface area contributed by atoms with E-state index < -0.39 is 6.04 Å². The van der Waals surface area contributed by atoms with Gasteiger partial charge in [-0.05, 0) is 37.3 Å². The molecule has 5 heteroatoms. The Morgan fingerprint density at radius 3 is 2.71 bits per heavy atom. The first-order chi connectivity index (χ1) is 10.2. The second-order valence-corrected chi connectivity index (χ2v) is 5.79. The molecule has 1 aromatic carbocycles. The highest BCUT2D eigenvalue weighted by Crippen LogP contribution is 2.26. The van der Waals surface area contributed by atoms with Gasteiger partial charge in [-0.25, -0.2) is 0 Å². The van der Waals surface area contributed by atoms with Gasteiger partial charge in [-0.3, -0.25) is 9.59 Å². The first-order valence-electron chi connectivity index (χ1n) is 7.59. The summed E-state index contributed by atoms with van der Waals surface area (Å²) < 4.78 is 0. The molecule has 1 atom stereocenters. The molecule has 0 aliphatic carbocycles. The second kappa shape index (κ2) is 5.85. The minimum absolute atomic E-state index is 0.0183. The van der Waals surface area contributed by atoms with E-state index in [1.54, 1.807) is 4.90 Å². The van der Waals surface area contributed by atoms with E-state index in [2.05, 4.69) is 0 Å². The Labute approximate surface area is 124 Å². The fourth-order valence-electron chi connectivity index (χ4n) is 3.10. The van der Waals surface area contributed by atoms with Crippen molar-refractivity contribution < 1.29 is 9.59 Å².